The van der Waals surface area contributed by atoms with Gasteiger partial charge in [-0.2, -0.15) is 11.8 Å². The average molecular weight is 228 g/mol. The molecule has 0 aromatic rings. The van der Waals surface area contributed by atoms with Crippen molar-refractivity contribution in [1.82, 2.24) is 4.90 Å². The van der Waals surface area contributed by atoms with Crippen molar-refractivity contribution >= 4 is 11.8 Å². The molecule has 2 N–H and O–H groups in total. The van der Waals surface area contributed by atoms with Gasteiger partial charge in [0.1, 0.15) is 0 Å². The number of thioether (sulfide) groups is 1. The van der Waals surface area contributed by atoms with Gasteiger partial charge in [0, 0.05) is 35.7 Å². The first-order valence-corrected chi connectivity index (χ1v) is 7.05. The van der Waals surface area contributed by atoms with Crippen LogP contribution in [0.3, 0.4) is 0 Å². The number of hydrogen-bond acceptors (Lipinski definition) is 3. The van der Waals surface area contributed by atoms with Crippen molar-refractivity contribution < 1.29 is 0 Å². The SMILES string of the molecule is CC1CC(CN)(N2CCSC(C)(C)C2)C1. The second-order valence-corrected chi connectivity index (χ2v) is 7.77. The number of rotatable bonds is 2. The zero-order chi connectivity index (χ0) is 11.1. The monoisotopic (exact) mass is 228 g/mol. The van der Waals surface area contributed by atoms with Crippen LogP contribution in [0.2, 0.25) is 0 Å². The van der Waals surface area contributed by atoms with Crippen LogP contribution in [0.25, 0.3) is 0 Å². The molecule has 0 atom stereocenters. The quantitative estimate of drug-likeness (QED) is 0.783. The average Bonchev–Trinajstić information content (AvgIpc) is 2.11. The van der Waals surface area contributed by atoms with Gasteiger partial charge in [0.25, 0.3) is 0 Å². The van der Waals surface area contributed by atoms with Crippen molar-refractivity contribution in [2.24, 2.45) is 11.7 Å². The van der Waals surface area contributed by atoms with Gasteiger partial charge in [0.05, 0.1) is 0 Å². The maximum Gasteiger partial charge on any atom is 0.0337 e. The van der Waals surface area contributed by atoms with Crippen molar-refractivity contribution in [3.63, 3.8) is 0 Å². The summed E-state index contributed by atoms with van der Waals surface area (Å²) in [6, 6.07) is 0. The van der Waals surface area contributed by atoms with E-state index in [0.717, 1.165) is 12.5 Å². The summed E-state index contributed by atoms with van der Waals surface area (Å²) in [4.78, 5) is 2.67. The highest BCUT2D eigenvalue weighted by Crippen LogP contribution is 2.44. The molecular weight excluding hydrogens is 204 g/mol. The lowest BCUT2D eigenvalue weighted by Crippen LogP contribution is -2.65. The van der Waals surface area contributed by atoms with E-state index in [9.17, 15) is 0 Å². The van der Waals surface area contributed by atoms with Gasteiger partial charge in [0.2, 0.25) is 0 Å². The van der Waals surface area contributed by atoms with Gasteiger partial charge in [-0.15, -0.1) is 0 Å². The molecular formula is C12H24N2S. The number of nitrogens with two attached hydrogens (primary N) is 1. The highest BCUT2D eigenvalue weighted by molar-refractivity contribution is 8.00. The molecule has 0 aromatic carbocycles. The number of hydrogen-bond donors (Lipinski definition) is 1. The summed E-state index contributed by atoms with van der Waals surface area (Å²) in [7, 11) is 0. The Morgan fingerprint density at radius 3 is 2.53 bits per heavy atom. The molecule has 3 heteroatoms. The predicted molar refractivity (Wildman–Crippen MR) is 68.3 cm³/mol. The van der Waals surface area contributed by atoms with Crippen molar-refractivity contribution in [2.75, 3.05) is 25.4 Å². The van der Waals surface area contributed by atoms with Crippen LogP contribution in [0.5, 0.6) is 0 Å². The van der Waals surface area contributed by atoms with Gasteiger partial charge in [-0.3, -0.25) is 4.90 Å². The van der Waals surface area contributed by atoms with Gasteiger partial charge in [-0.25, -0.2) is 0 Å². The molecule has 0 spiro atoms. The van der Waals surface area contributed by atoms with Crippen LogP contribution in [-0.2, 0) is 0 Å². The van der Waals surface area contributed by atoms with E-state index in [1.165, 1.54) is 31.7 Å². The van der Waals surface area contributed by atoms with Gasteiger partial charge in [-0.05, 0) is 32.6 Å². The first kappa shape index (κ1) is 11.7. The van der Waals surface area contributed by atoms with E-state index in [0.29, 0.717) is 10.3 Å². The molecule has 2 fully saturated rings. The Labute approximate surface area is 98.0 Å². The van der Waals surface area contributed by atoms with Crippen LogP contribution < -0.4 is 5.73 Å². The highest BCUT2D eigenvalue weighted by Gasteiger charge is 2.47. The first-order valence-electron chi connectivity index (χ1n) is 6.07. The fourth-order valence-corrected chi connectivity index (χ4v) is 4.32. The molecule has 1 saturated carbocycles. The van der Waals surface area contributed by atoms with Crippen molar-refractivity contribution in [1.29, 1.82) is 0 Å². The molecule has 1 aliphatic carbocycles. The Kier molecular flexibility index (Phi) is 3.08. The maximum absolute atomic E-state index is 6.00. The van der Waals surface area contributed by atoms with Crippen LogP contribution in [0.15, 0.2) is 0 Å². The third-order valence-corrected chi connectivity index (χ3v) is 5.23. The summed E-state index contributed by atoms with van der Waals surface area (Å²) in [6.07, 6.45) is 2.62. The van der Waals surface area contributed by atoms with Crippen molar-refractivity contribution in [3.8, 4) is 0 Å². The molecule has 88 valence electrons. The Bertz CT molecular complexity index is 234. The maximum atomic E-state index is 6.00. The number of nitrogens with zero attached hydrogens (tertiary/aromatic N) is 1. The Balaban J connectivity index is 2.03. The Hall–Kier alpha value is 0.270. The molecule has 1 aliphatic heterocycles. The minimum atomic E-state index is 0.359. The molecule has 0 bridgehead atoms. The minimum absolute atomic E-state index is 0.359. The summed E-state index contributed by atoms with van der Waals surface area (Å²) in [5.74, 6) is 2.15. The summed E-state index contributed by atoms with van der Waals surface area (Å²) >= 11 is 2.10. The van der Waals surface area contributed by atoms with Gasteiger partial charge in [0.15, 0.2) is 0 Å². The predicted octanol–water partition coefficient (Wildman–Crippen LogP) is 1.94. The molecule has 0 unspecified atom stereocenters. The van der Waals surface area contributed by atoms with E-state index in [1.807, 2.05) is 0 Å². The third kappa shape index (κ3) is 2.20. The second kappa shape index (κ2) is 3.94. The minimum Gasteiger partial charge on any atom is -0.329 e. The molecule has 1 heterocycles. The van der Waals surface area contributed by atoms with Crippen LogP contribution in [0, 0.1) is 5.92 Å². The summed E-state index contributed by atoms with van der Waals surface area (Å²) in [6.45, 7) is 10.3. The Morgan fingerprint density at radius 2 is 2.07 bits per heavy atom. The lowest BCUT2D eigenvalue weighted by molar-refractivity contribution is -0.0152. The fraction of sp³-hybridized carbons (Fsp3) is 1.00. The molecule has 2 aliphatic rings. The highest BCUT2D eigenvalue weighted by atomic mass is 32.2. The van der Waals surface area contributed by atoms with Crippen LogP contribution in [-0.4, -0.2) is 40.6 Å². The van der Waals surface area contributed by atoms with E-state index in [4.69, 9.17) is 5.73 Å². The van der Waals surface area contributed by atoms with Gasteiger partial charge < -0.3 is 5.73 Å². The zero-order valence-corrected chi connectivity index (χ0v) is 11.1. The van der Waals surface area contributed by atoms with Crippen molar-refractivity contribution in [3.05, 3.63) is 0 Å². The van der Waals surface area contributed by atoms with E-state index < -0.39 is 0 Å². The molecule has 15 heavy (non-hydrogen) atoms. The molecule has 0 amide bonds. The lowest BCUT2D eigenvalue weighted by atomic mass is 9.67. The largest absolute Gasteiger partial charge is 0.329 e. The summed E-state index contributed by atoms with van der Waals surface area (Å²) in [5.41, 5.74) is 6.36. The first-order chi connectivity index (χ1) is 6.97. The molecule has 0 radical (unpaired) electrons. The van der Waals surface area contributed by atoms with E-state index in [-0.39, 0.29) is 0 Å². The summed E-state index contributed by atoms with van der Waals surface area (Å²) in [5, 5.41) is 0. The lowest BCUT2D eigenvalue weighted by Gasteiger charge is -2.56. The topological polar surface area (TPSA) is 29.3 Å². The zero-order valence-electron chi connectivity index (χ0n) is 10.3. The smallest absolute Gasteiger partial charge is 0.0337 e. The molecule has 0 aromatic heterocycles. The van der Waals surface area contributed by atoms with Crippen molar-refractivity contribution in [2.45, 2.75) is 43.9 Å². The van der Waals surface area contributed by atoms with E-state index >= 15 is 0 Å². The summed E-state index contributed by atoms with van der Waals surface area (Å²) < 4.78 is 0.416. The van der Waals surface area contributed by atoms with Crippen LogP contribution in [0.1, 0.15) is 33.6 Å². The van der Waals surface area contributed by atoms with Crippen LogP contribution >= 0.6 is 11.8 Å². The molecule has 2 nitrogen and oxygen atoms in total. The fourth-order valence-electron chi connectivity index (χ4n) is 3.21. The normalized spacial score (nSPS) is 41.2. The van der Waals surface area contributed by atoms with Gasteiger partial charge in [-0.1, -0.05) is 6.92 Å². The standard InChI is InChI=1S/C12H24N2S/c1-10-6-12(7-10,8-13)14-4-5-15-11(2,3)9-14/h10H,4-9,13H2,1-3H3. The Morgan fingerprint density at radius 1 is 1.40 bits per heavy atom. The van der Waals surface area contributed by atoms with Gasteiger partial charge >= 0.3 is 0 Å². The molecule has 2 rings (SSSR count). The van der Waals surface area contributed by atoms with E-state index in [1.54, 1.807) is 0 Å². The van der Waals surface area contributed by atoms with Crippen LogP contribution in [0.4, 0.5) is 0 Å². The van der Waals surface area contributed by atoms with E-state index in [2.05, 4.69) is 37.4 Å². The second-order valence-electron chi connectivity index (χ2n) is 5.97. The molecule has 1 saturated heterocycles. The third-order valence-electron chi connectivity index (χ3n) is 3.93.